The molecule has 0 spiro atoms. The van der Waals surface area contributed by atoms with Crippen LogP contribution >= 0.6 is 0 Å². The Morgan fingerprint density at radius 2 is 2.00 bits per heavy atom. The van der Waals surface area contributed by atoms with Gasteiger partial charge in [-0.25, -0.2) is 0 Å². The summed E-state index contributed by atoms with van der Waals surface area (Å²) in [6.07, 6.45) is 6.18. The number of likely N-dealkylation sites (N-methyl/N-ethyl adjacent to an activating group) is 1. The zero-order valence-corrected chi connectivity index (χ0v) is 19.2. The molecule has 0 bridgehead atoms. The van der Waals surface area contributed by atoms with E-state index in [0.717, 1.165) is 64.7 Å². The van der Waals surface area contributed by atoms with E-state index >= 15 is 0 Å². The van der Waals surface area contributed by atoms with Gasteiger partial charge in [0.1, 0.15) is 0 Å². The number of nitrogens with one attached hydrogen (secondary N) is 2. The lowest BCUT2D eigenvalue weighted by Crippen LogP contribution is -2.48. The van der Waals surface area contributed by atoms with Crippen LogP contribution in [0.5, 0.6) is 0 Å². The number of methoxy groups -OCH3 is 1. The Hall–Kier alpha value is -1.63. The minimum absolute atomic E-state index is 0.399. The third kappa shape index (κ3) is 6.43. The van der Waals surface area contributed by atoms with Crippen LogP contribution in [0, 0.1) is 5.41 Å². The molecule has 2 fully saturated rings. The van der Waals surface area contributed by atoms with Gasteiger partial charge in [0, 0.05) is 66.1 Å². The van der Waals surface area contributed by atoms with E-state index in [-0.39, 0.29) is 0 Å². The number of ether oxygens (including phenoxy) is 1. The summed E-state index contributed by atoms with van der Waals surface area (Å²) in [5.74, 6) is 0.927. The fourth-order valence-corrected chi connectivity index (χ4v) is 4.71. The van der Waals surface area contributed by atoms with Gasteiger partial charge in [-0.15, -0.1) is 0 Å². The van der Waals surface area contributed by atoms with Crippen LogP contribution in [0.4, 0.5) is 0 Å². The summed E-state index contributed by atoms with van der Waals surface area (Å²) in [6.45, 7) is 7.26. The van der Waals surface area contributed by atoms with Gasteiger partial charge in [0.05, 0.1) is 0 Å². The lowest BCUT2D eigenvalue weighted by Gasteiger charge is -2.42. The van der Waals surface area contributed by atoms with E-state index in [2.05, 4.69) is 62.8 Å². The second-order valence-electron chi connectivity index (χ2n) is 9.03. The van der Waals surface area contributed by atoms with Gasteiger partial charge in [0.15, 0.2) is 5.96 Å². The monoisotopic (exact) mass is 415 g/mol. The van der Waals surface area contributed by atoms with Gasteiger partial charge in [-0.2, -0.15) is 0 Å². The van der Waals surface area contributed by atoms with Crippen molar-refractivity contribution < 1.29 is 4.74 Å². The Morgan fingerprint density at radius 3 is 2.67 bits per heavy atom. The number of piperazine rings is 1. The summed E-state index contributed by atoms with van der Waals surface area (Å²) in [5.41, 5.74) is 1.83. The van der Waals surface area contributed by atoms with Crippen molar-refractivity contribution in [3.8, 4) is 0 Å². The Labute approximate surface area is 183 Å². The van der Waals surface area contributed by atoms with E-state index in [4.69, 9.17) is 4.74 Å². The average Bonchev–Trinajstić information content (AvgIpc) is 2.75. The molecule has 6 nitrogen and oxygen atoms in total. The number of guanidine groups is 1. The van der Waals surface area contributed by atoms with Crippen LogP contribution in [0.25, 0.3) is 0 Å². The highest BCUT2D eigenvalue weighted by atomic mass is 16.5. The summed E-state index contributed by atoms with van der Waals surface area (Å²) in [6, 6.07) is 11.4. The molecule has 3 rings (SSSR count). The SMILES string of the molecule is CN=C(NCCCN1CCN(C)CC1c1ccccc1)NCC1(CCOC)CCC1. The zero-order valence-electron chi connectivity index (χ0n) is 19.2. The predicted octanol–water partition coefficient (Wildman–Crippen LogP) is 2.74. The van der Waals surface area contributed by atoms with Gasteiger partial charge in [-0.1, -0.05) is 36.8 Å². The smallest absolute Gasteiger partial charge is 0.190 e. The molecule has 0 amide bonds. The fraction of sp³-hybridized carbons (Fsp3) is 0.708. The first-order valence-corrected chi connectivity index (χ1v) is 11.6. The molecule has 1 saturated heterocycles. The first kappa shape index (κ1) is 23.0. The number of aliphatic imine (C=N–C) groups is 1. The molecular formula is C24H41N5O. The highest BCUT2D eigenvalue weighted by Crippen LogP contribution is 2.43. The maximum absolute atomic E-state index is 5.31. The normalized spacial score (nSPS) is 22.5. The number of nitrogens with zero attached hydrogens (tertiary/aromatic N) is 3. The minimum atomic E-state index is 0.399. The van der Waals surface area contributed by atoms with E-state index in [1.54, 1.807) is 7.11 Å². The number of rotatable bonds is 10. The molecule has 1 aromatic rings. The molecule has 6 heteroatoms. The van der Waals surface area contributed by atoms with Crippen LogP contribution in [0.1, 0.15) is 43.7 Å². The van der Waals surface area contributed by atoms with Crippen LogP contribution in [-0.4, -0.2) is 82.8 Å². The van der Waals surface area contributed by atoms with Gasteiger partial charge in [0.2, 0.25) is 0 Å². The average molecular weight is 416 g/mol. The van der Waals surface area contributed by atoms with Gasteiger partial charge in [-0.05, 0) is 43.7 Å². The maximum Gasteiger partial charge on any atom is 0.190 e. The van der Waals surface area contributed by atoms with Crippen molar-refractivity contribution in [2.75, 3.05) is 67.1 Å². The van der Waals surface area contributed by atoms with Gasteiger partial charge < -0.3 is 20.3 Å². The molecule has 2 N–H and O–H groups in total. The Balaban J connectivity index is 1.41. The van der Waals surface area contributed by atoms with Gasteiger partial charge in [-0.3, -0.25) is 9.89 Å². The highest BCUT2D eigenvalue weighted by molar-refractivity contribution is 5.79. The summed E-state index contributed by atoms with van der Waals surface area (Å²) in [4.78, 5) is 9.51. The van der Waals surface area contributed by atoms with Crippen LogP contribution in [0.2, 0.25) is 0 Å². The number of benzene rings is 1. The van der Waals surface area contributed by atoms with Crippen molar-refractivity contribution in [2.24, 2.45) is 10.4 Å². The highest BCUT2D eigenvalue weighted by Gasteiger charge is 2.36. The van der Waals surface area contributed by atoms with Gasteiger partial charge in [0.25, 0.3) is 0 Å². The van der Waals surface area contributed by atoms with Crippen molar-refractivity contribution in [3.63, 3.8) is 0 Å². The molecular weight excluding hydrogens is 374 g/mol. The molecule has 1 aliphatic carbocycles. The second-order valence-corrected chi connectivity index (χ2v) is 9.03. The third-order valence-electron chi connectivity index (χ3n) is 6.90. The Bertz CT molecular complexity index is 646. The lowest BCUT2D eigenvalue weighted by atomic mass is 9.67. The van der Waals surface area contributed by atoms with Crippen LogP contribution in [0.3, 0.4) is 0 Å². The summed E-state index contributed by atoms with van der Waals surface area (Å²) < 4.78 is 5.31. The molecule has 1 saturated carbocycles. The van der Waals surface area contributed by atoms with E-state index in [0.29, 0.717) is 11.5 Å². The minimum Gasteiger partial charge on any atom is -0.385 e. The largest absolute Gasteiger partial charge is 0.385 e. The lowest BCUT2D eigenvalue weighted by molar-refractivity contribution is 0.0732. The fourth-order valence-electron chi connectivity index (χ4n) is 4.71. The first-order chi connectivity index (χ1) is 14.7. The standard InChI is InChI=1S/C24H41N5O/c1-25-23(27-20-24(11-7-12-24)13-18-30-3)26-14-8-15-29-17-16-28(2)19-22(29)21-9-5-4-6-10-21/h4-6,9-10,22H,7-8,11-20H2,1-3H3,(H2,25,26,27). The van der Waals surface area contributed by atoms with Crippen LogP contribution < -0.4 is 10.6 Å². The molecule has 168 valence electrons. The molecule has 30 heavy (non-hydrogen) atoms. The Morgan fingerprint density at radius 1 is 1.20 bits per heavy atom. The quantitative estimate of drug-likeness (QED) is 0.350. The summed E-state index contributed by atoms with van der Waals surface area (Å²) in [7, 11) is 5.89. The number of hydrogen-bond donors (Lipinski definition) is 2. The molecule has 0 aromatic heterocycles. The summed E-state index contributed by atoms with van der Waals surface area (Å²) in [5, 5.41) is 7.08. The Kier molecular flexibility index (Phi) is 8.97. The maximum atomic E-state index is 5.31. The third-order valence-corrected chi connectivity index (χ3v) is 6.90. The summed E-state index contributed by atoms with van der Waals surface area (Å²) >= 11 is 0. The molecule has 2 aliphatic rings. The van der Waals surface area contributed by atoms with E-state index < -0.39 is 0 Å². The van der Waals surface area contributed by atoms with E-state index in [1.165, 1.54) is 24.8 Å². The first-order valence-electron chi connectivity index (χ1n) is 11.6. The second kappa shape index (κ2) is 11.7. The molecule has 1 unspecified atom stereocenters. The van der Waals surface area contributed by atoms with Crippen molar-refractivity contribution in [2.45, 2.75) is 38.1 Å². The molecule has 1 atom stereocenters. The van der Waals surface area contributed by atoms with E-state index in [9.17, 15) is 0 Å². The van der Waals surface area contributed by atoms with Crippen molar-refractivity contribution in [3.05, 3.63) is 35.9 Å². The number of hydrogen-bond acceptors (Lipinski definition) is 4. The zero-order chi connectivity index (χ0) is 21.2. The molecule has 0 radical (unpaired) electrons. The molecule has 1 aromatic carbocycles. The van der Waals surface area contributed by atoms with Crippen LogP contribution in [0.15, 0.2) is 35.3 Å². The van der Waals surface area contributed by atoms with Gasteiger partial charge >= 0.3 is 0 Å². The van der Waals surface area contributed by atoms with Crippen molar-refractivity contribution in [1.82, 2.24) is 20.4 Å². The van der Waals surface area contributed by atoms with E-state index in [1.807, 2.05) is 7.05 Å². The van der Waals surface area contributed by atoms with Crippen LogP contribution in [-0.2, 0) is 4.74 Å². The predicted molar refractivity (Wildman–Crippen MR) is 125 cm³/mol. The molecule has 1 heterocycles. The topological polar surface area (TPSA) is 52.1 Å². The van der Waals surface area contributed by atoms with Crippen molar-refractivity contribution in [1.29, 1.82) is 0 Å². The molecule has 1 aliphatic heterocycles. The van der Waals surface area contributed by atoms with Crippen molar-refractivity contribution >= 4 is 5.96 Å².